The zero-order valence-corrected chi connectivity index (χ0v) is 14.9. The van der Waals surface area contributed by atoms with Crippen LogP contribution < -0.4 is 10.6 Å². The van der Waals surface area contributed by atoms with Crippen LogP contribution in [-0.2, 0) is 4.79 Å². The number of carbonyl (C=O) groups is 1. The Morgan fingerprint density at radius 1 is 1.15 bits per heavy atom. The zero-order valence-electron chi connectivity index (χ0n) is 14.9. The van der Waals surface area contributed by atoms with Gasteiger partial charge < -0.3 is 10.6 Å². The molecule has 0 spiro atoms. The Bertz CT molecular complexity index is 1180. The third kappa shape index (κ3) is 2.61. The molecule has 0 bridgehead atoms. The molecular weight excluding hydrogens is 338 g/mol. The fourth-order valence-electron chi connectivity index (χ4n) is 3.81. The molecule has 4 aromatic rings. The predicted molar refractivity (Wildman–Crippen MR) is 106 cm³/mol. The highest BCUT2D eigenvalue weighted by Crippen LogP contribution is 2.34. The van der Waals surface area contributed by atoms with E-state index < -0.39 is 0 Å². The molecule has 0 aliphatic carbocycles. The number of amides is 1. The number of aryl methyl sites for hydroxylation is 1. The summed E-state index contributed by atoms with van der Waals surface area (Å²) in [5.41, 5.74) is 4.76. The maximum Gasteiger partial charge on any atom is 0.232 e. The van der Waals surface area contributed by atoms with Gasteiger partial charge in [0.15, 0.2) is 5.65 Å². The number of rotatable bonds is 4. The molecule has 2 aromatic carbocycles. The van der Waals surface area contributed by atoms with Gasteiger partial charge in [-0.1, -0.05) is 30.3 Å². The minimum atomic E-state index is -0.124. The summed E-state index contributed by atoms with van der Waals surface area (Å²) >= 11 is 0. The van der Waals surface area contributed by atoms with E-state index in [0.717, 1.165) is 39.3 Å². The van der Waals surface area contributed by atoms with Crippen molar-refractivity contribution in [1.82, 2.24) is 14.6 Å². The topological polar surface area (TPSA) is 71.3 Å². The van der Waals surface area contributed by atoms with Gasteiger partial charge in [0.25, 0.3) is 0 Å². The predicted octanol–water partition coefficient (Wildman–Crippen LogP) is 3.73. The first-order chi connectivity index (χ1) is 13.2. The quantitative estimate of drug-likeness (QED) is 0.584. The van der Waals surface area contributed by atoms with Crippen LogP contribution in [0.15, 0.2) is 54.6 Å². The van der Waals surface area contributed by atoms with Crippen molar-refractivity contribution in [3.8, 4) is 0 Å². The molecule has 0 unspecified atom stereocenters. The summed E-state index contributed by atoms with van der Waals surface area (Å²) in [7, 11) is 0. The number of para-hydroxylation sites is 2. The SMILES string of the molecule is Cc1cc2nc(NCC[C@H]3C(=O)Nc4ccccc43)c3ccccc3n2n1. The number of anilines is 2. The van der Waals surface area contributed by atoms with Crippen LogP contribution in [0.4, 0.5) is 11.5 Å². The van der Waals surface area contributed by atoms with Crippen molar-refractivity contribution in [2.45, 2.75) is 19.3 Å². The van der Waals surface area contributed by atoms with Gasteiger partial charge in [-0.15, -0.1) is 0 Å². The fourth-order valence-corrected chi connectivity index (χ4v) is 3.81. The lowest BCUT2D eigenvalue weighted by atomic mass is 9.97. The van der Waals surface area contributed by atoms with E-state index in [1.165, 1.54) is 0 Å². The second-order valence-corrected chi connectivity index (χ2v) is 6.88. The summed E-state index contributed by atoms with van der Waals surface area (Å²) in [6.45, 7) is 2.62. The summed E-state index contributed by atoms with van der Waals surface area (Å²) < 4.78 is 1.87. The Labute approximate surface area is 156 Å². The van der Waals surface area contributed by atoms with Crippen molar-refractivity contribution in [2.75, 3.05) is 17.2 Å². The molecule has 1 amide bonds. The first kappa shape index (κ1) is 15.8. The second-order valence-electron chi connectivity index (χ2n) is 6.88. The molecule has 1 aliphatic rings. The highest BCUT2D eigenvalue weighted by Gasteiger charge is 2.29. The van der Waals surface area contributed by atoms with Gasteiger partial charge in [0, 0.05) is 23.7 Å². The smallest absolute Gasteiger partial charge is 0.232 e. The first-order valence-corrected chi connectivity index (χ1v) is 9.09. The molecule has 0 saturated carbocycles. The molecule has 1 atom stereocenters. The maximum absolute atomic E-state index is 12.3. The van der Waals surface area contributed by atoms with Crippen LogP contribution in [0.2, 0.25) is 0 Å². The van der Waals surface area contributed by atoms with Crippen molar-refractivity contribution in [2.24, 2.45) is 0 Å². The van der Waals surface area contributed by atoms with Crippen LogP contribution in [-0.4, -0.2) is 27.0 Å². The molecular formula is C21H19N5O. The Morgan fingerprint density at radius 2 is 1.96 bits per heavy atom. The Morgan fingerprint density at radius 3 is 2.89 bits per heavy atom. The van der Waals surface area contributed by atoms with Crippen molar-refractivity contribution < 1.29 is 4.79 Å². The first-order valence-electron chi connectivity index (χ1n) is 9.09. The van der Waals surface area contributed by atoms with E-state index in [0.29, 0.717) is 13.0 Å². The molecule has 5 rings (SSSR count). The number of fused-ring (bicyclic) bond motifs is 4. The van der Waals surface area contributed by atoms with E-state index in [1.807, 2.05) is 66.0 Å². The van der Waals surface area contributed by atoms with E-state index in [4.69, 9.17) is 4.98 Å². The molecule has 0 saturated heterocycles. The summed E-state index contributed by atoms with van der Waals surface area (Å²) in [4.78, 5) is 17.0. The summed E-state index contributed by atoms with van der Waals surface area (Å²) in [6.07, 6.45) is 0.711. The molecule has 1 aliphatic heterocycles. The number of nitrogens with one attached hydrogen (secondary N) is 2. The van der Waals surface area contributed by atoms with Gasteiger partial charge in [-0.2, -0.15) is 5.10 Å². The molecule has 2 aromatic heterocycles. The van der Waals surface area contributed by atoms with Crippen molar-refractivity contribution in [3.05, 3.63) is 65.9 Å². The molecule has 0 radical (unpaired) electrons. The van der Waals surface area contributed by atoms with Crippen LogP contribution in [0, 0.1) is 6.92 Å². The molecule has 134 valence electrons. The summed E-state index contributed by atoms with van der Waals surface area (Å²) in [5.74, 6) is 0.767. The van der Waals surface area contributed by atoms with Gasteiger partial charge in [0.1, 0.15) is 5.82 Å². The number of carbonyl (C=O) groups excluding carboxylic acids is 1. The highest BCUT2D eigenvalue weighted by molar-refractivity contribution is 6.02. The monoisotopic (exact) mass is 357 g/mol. The lowest BCUT2D eigenvalue weighted by Gasteiger charge is -2.12. The van der Waals surface area contributed by atoms with Crippen LogP contribution in [0.5, 0.6) is 0 Å². The summed E-state index contributed by atoms with van der Waals surface area (Å²) in [6, 6.07) is 17.9. The summed E-state index contributed by atoms with van der Waals surface area (Å²) in [5, 5.41) is 11.9. The molecule has 2 N–H and O–H groups in total. The minimum absolute atomic E-state index is 0.0673. The molecule has 27 heavy (non-hydrogen) atoms. The molecule has 6 nitrogen and oxygen atoms in total. The van der Waals surface area contributed by atoms with Crippen LogP contribution >= 0.6 is 0 Å². The minimum Gasteiger partial charge on any atom is -0.369 e. The molecule has 6 heteroatoms. The van der Waals surface area contributed by atoms with E-state index in [9.17, 15) is 4.79 Å². The van der Waals surface area contributed by atoms with Gasteiger partial charge in [-0.25, -0.2) is 9.50 Å². The van der Waals surface area contributed by atoms with E-state index in [-0.39, 0.29) is 11.8 Å². The number of hydrogen-bond acceptors (Lipinski definition) is 4. The van der Waals surface area contributed by atoms with Gasteiger partial charge in [-0.05, 0) is 37.1 Å². The fraction of sp³-hybridized carbons (Fsp3) is 0.190. The van der Waals surface area contributed by atoms with Gasteiger partial charge in [0.2, 0.25) is 5.91 Å². The van der Waals surface area contributed by atoms with Crippen molar-refractivity contribution >= 4 is 34.0 Å². The maximum atomic E-state index is 12.3. The second kappa shape index (κ2) is 6.09. The zero-order chi connectivity index (χ0) is 18.4. The molecule has 3 heterocycles. The standard InChI is InChI=1S/C21H19N5O/c1-13-12-19-24-20(16-7-3-5-9-18(16)26(19)25-13)22-11-10-15-14-6-2-4-8-17(14)23-21(15)27/h2-9,12,15H,10-11H2,1H3,(H,22,24)(H,23,27)/t15-/m1/s1. The normalized spacial score (nSPS) is 15.9. The number of aromatic nitrogens is 3. The molecule has 0 fully saturated rings. The van der Waals surface area contributed by atoms with Crippen LogP contribution in [0.1, 0.15) is 23.6 Å². The average molecular weight is 357 g/mol. The van der Waals surface area contributed by atoms with Gasteiger partial charge in [-0.3, -0.25) is 4.79 Å². The number of hydrogen-bond donors (Lipinski definition) is 2. The average Bonchev–Trinajstić information content (AvgIpc) is 3.21. The Balaban J connectivity index is 1.43. The Hall–Kier alpha value is -3.41. The Kier molecular flexibility index (Phi) is 3.57. The lowest BCUT2D eigenvalue weighted by molar-refractivity contribution is -0.117. The third-order valence-corrected chi connectivity index (χ3v) is 5.06. The number of benzene rings is 2. The third-order valence-electron chi connectivity index (χ3n) is 5.06. The van der Waals surface area contributed by atoms with Gasteiger partial charge in [0.05, 0.1) is 17.1 Å². The van der Waals surface area contributed by atoms with Crippen molar-refractivity contribution in [3.63, 3.8) is 0 Å². The number of nitrogens with zero attached hydrogens (tertiary/aromatic N) is 3. The van der Waals surface area contributed by atoms with Crippen LogP contribution in [0.25, 0.3) is 16.6 Å². The van der Waals surface area contributed by atoms with E-state index in [2.05, 4.69) is 15.7 Å². The van der Waals surface area contributed by atoms with Gasteiger partial charge >= 0.3 is 0 Å². The van der Waals surface area contributed by atoms with Crippen molar-refractivity contribution in [1.29, 1.82) is 0 Å². The largest absolute Gasteiger partial charge is 0.369 e. The lowest BCUT2D eigenvalue weighted by Crippen LogP contribution is -2.16. The van der Waals surface area contributed by atoms with E-state index >= 15 is 0 Å². The highest BCUT2D eigenvalue weighted by atomic mass is 16.2. The van der Waals surface area contributed by atoms with Crippen LogP contribution in [0.3, 0.4) is 0 Å². The van der Waals surface area contributed by atoms with E-state index in [1.54, 1.807) is 0 Å².